The summed E-state index contributed by atoms with van der Waals surface area (Å²) in [5.74, 6) is -0.0321. The standard InChI is InChI=1S/C30H34Cl2N4O4/c1-5-36(6-2)24-14-12-22(28(18-24)39-4)19-33-35-30(38)26(16-21-10-8-7-9-11-21)34-29(37)20(3)40-27-15-13-23(31)17-25(27)32/h7-15,17-20,26H,5-6,16H2,1-4H3,(H,34,37)(H,35,38)/b33-19-/t20-,26-/m1/s1. The average molecular weight is 586 g/mol. The first-order valence-corrected chi connectivity index (χ1v) is 13.7. The van der Waals surface area contributed by atoms with E-state index in [4.69, 9.17) is 32.7 Å². The van der Waals surface area contributed by atoms with E-state index >= 15 is 0 Å². The van der Waals surface area contributed by atoms with E-state index in [-0.39, 0.29) is 11.4 Å². The van der Waals surface area contributed by atoms with Gasteiger partial charge in [0.25, 0.3) is 11.8 Å². The van der Waals surface area contributed by atoms with Gasteiger partial charge in [-0.25, -0.2) is 5.43 Å². The van der Waals surface area contributed by atoms with Crippen molar-refractivity contribution in [2.75, 3.05) is 25.1 Å². The van der Waals surface area contributed by atoms with Gasteiger partial charge in [0.05, 0.1) is 18.3 Å². The van der Waals surface area contributed by atoms with E-state index in [1.807, 2.05) is 48.5 Å². The van der Waals surface area contributed by atoms with Crippen LogP contribution >= 0.6 is 23.2 Å². The second-order valence-electron chi connectivity index (χ2n) is 8.92. The van der Waals surface area contributed by atoms with Crippen molar-refractivity contribution in [1.29, 1.82) is 0 Å². The van der Waals surface area contributed by atoms with Gasteiger partial charge < -0.3 is 19.7 Å². The Balaban J connectivity index is 1.72. The summed E-state index contributed by atoms with van der Waals surface area (Å²) in [5, 5.41) is 7.64. The summed E-state index contributed by atoms with van der Waals surface area (Å²) < 4.78 is 11.3. The van der Waals surface area contributed by atoms with Gasteiger partial charge in [0.1, 0.15) is 17.5 Å². The molecule has 0 spiro atoms. The van der Waals surface area contributed by atoms with Gasteiger partial charge in [0, 0.05) is 41.9 Å². The van der Waals surface area contributed by atoms with Gasteiger partial charge in [-0.05, 0) is 56.7 Å². The molecule has 0 aromatic heterocycles. The number of halogens is 2. The maximum absolute atomic E-state index is 13.2. The number of anilines is 1. The first-order chi connectivity index (χ1) is 19.2. The fourth-order valence-electron chi connectivity index (χ4n) is 4.00. The lowest BCUT2D eigenvalue weighted by molar-refractivity contribution is -0.132. The highest BCUT2D eigenvalue weighted by molar-refractivity contribution is 6.35. The van der Waals surface area contributed by atoms with Crippen molar-refractivity contribution >= 4 is 46.9 Å². The van der Waals surface area contributed by atoms with Crippen LogP contribution in [0.1, 0.15) is 31.9 Å². The molecule has 2 atom stereocenters. The summed E-state index contributed by atoms with van der Waals surface area (Å²) in [6.45, 7) is 7.49. The molecule has 8 nitrogen and oxygen atoms in total. The number of nitrogens with one attached hydrogen (secondary N) is 2. The molecule has 0 radical (unpaired) electrons. The van der Waals surface area contributed by atoms with Crippen LogP contribution in [0.25, 0.3) is 0 Å². The largest absolute Gasteiger partial charge is 0.496 e. The summed E-state index contributed by atoms with van der Waals surface area (Å²) in [5.41, 5.74) is 5.15. The van der Waals surface area contributed by atoms with Gasteiger partial charge in [-0.1, -0.05) is 53.5 Å². The molecule has 0 saturated heterocycles. The predicted octanol–water partition coefficient (Wildman–Crippen LogP) is 5.49. The molecule has 3 rings (SSSR count). The van der Waals surface area contributed by atoms with Crippen LogP contribution in [0.4, 0.5) is 5.69 Å². The Morgan fingerprint density at radius 1 is 0.975 bits per heavy atom. The molecule has 212 valence electrons. The maximum atomic E-state index is 13.2. The van der Waals surface area contributed by atoms with Crippen molar-refractivity contribution in [2.45, 2.75) is 39.3 Å². The SMILES string of the molecule is CCN(CC)c1ccc(/C=N\NC(=O)[C@@H](Cc2ccccc2)NC(=O)[C@@H](C)Oc2ccc(Cl)cc2Cl)c(OC)c1. The Hall–Kier alpha value is -3.75. The van der Waals surface area contributed by atoms with Gasteiger partial charge >= 0.3 is 0 Å². The Kier molecular flexibility index (Phi) is 11.7. The Morgan fingerprint density at radius 2 is 1.70 bits per heavy atom. The fraction of sp³-hybridized carbons (Fsp3) is 0.300. The highest BCUT2D eigenvalue weighted by Gasteiger charge is 2.25. The summed E-state index contributed by atoms with van der Waals surface area (Å²) in [4.78, 5) is 28.4. The van der Waals surface area contributed by atoms with Crippen LogP contribution in [0.2, 0.25) is 10.0 Å². The summed E-state index contributed by atoms with van der Waals surface area (Å²) in [6, 6.07) is 19.0. The van der Waals surface area contributed by atoms with E-state index in [2.05, 4.69) is 34.6 Å². The van der Waals surface area contributed by atoms with Crippen molar-refractivity contribution < 1.29 is 19.1 Å². The third-order valence-corrected chi connectivity index (χ3v) is 6.74. The number of hydrazone groups is 1. The molecular formula is C30H34Cl2N4O4. The van der Waals surface area contributed by atoms with E-state index < -0.39 is 24.0 Å². The van der Waals surface area contributed by atoms with Crippen LogP contribution in [0.3, 0.4) is 0 Å². The molecule has 0 aliphatic heterocycles. The summed E-state index contributed by atoms with van der Waals surface area (Å²) >= 11 is 12.1. The number of amides is 2. The highest BCUT2D eigenvalue weighted by Crippen LogP contribution is 2.28. The number of ether oxygens (including phenoxy) is 2. The lowest BCUT2D eigenvalue weighted by Gasteiger charge is -2.22. The molecule has 0 aliphatic carbocycles. The Morgan fingerprint density at radius 3 is 2.35 bits per heavy atom. The minimum absolute atomic E-state index is 0.254. The molecule has 3 aromatic carbocycles. The Labute approximate surface area is 245 Å². The van der Waals surface area contributed by atoms with Crippen molar-refractivity contribution in [1.82, 2.24) is 10.7 Å². The zero-order valence-corrected chi connectivity index (χ0v) is 24.5. The van der Waals surface area contributed by atoms with E-state index in [0.717, 1.165) is 24.3 Å². The van der Waals surface area contributed by atoms with Gasteiger partial charge in [-0.3, -0.25) is 9.59 Å². The van der Waals surface area contributed by atoms with Crippen LogP contribution in [-0.2, 0) is 16.0 Å². The zero-order chi connectivity index (χ0) is 29.1. The van der Waals surface area contributed by atoms with Gasteiger partial charge in [0.2, 0.25) is 0 Å². The van der Waals surface area contributed by atoms with Gasteiger partial charge in [-0.15, -0.1) is 0 Å². The number of carbonyl (C=O) groups is 2. The average Bonchev–Trinajstić information content (AvgIpc) is 2.95. The smallest absolute Gasteiger partial charge is 0.262 e. The molecule has 0 heterocycles. The number of benzene rings is 3. The Bertz CT molecular complexity index is 1320. The first kappa shape index (κ1) is 30.8. The minimum Gasteiger partial charge on any atom is -0.496 e. The molecule has 10 heteroatoms. The quantitative estimate of drug-likeness (QED) is 0.204. The second kappa shape index (κ2) is 15.1. The molecule has 3 aromatic rings. The molecular weight excluding hydrogens is 551 g/mol. The van der Waals surface area contributed by atoms with Crippen LogP contribution < -0.4 is 25.1 Å². The van der Waals surface area contributed by atoms with E-state index in [9.17, 15) is 9.59 Å². The lowest BCUT2D eigenvalue weighted by atomic mass is 10.1. The normalized spacial score (nSPS) is 12.4. The number of nitrogens with zero attached hydrogens (tertiary/aromatic N) is 2. The first-order valence-electron chi connectivity index (χ1n) is 13.0. The molecule has 40 heavy (non-hydrogen) atoms. The molecule has 2 amide bonds. The van der Waals surface area contributed by atoms with Crippen molar-refractivity contribution in [3.63, 3.8) is 0 Å². The summed E-state index contributed by atoms with van der Waals surface area (Å²) in [7, 11) is 1.59. The molecule has 0 fully saturated rings. The molecule has 0 saturated carbocycles. The van der Waals surface area contributed by atoms with Crippen molar-refractivity contribution in [3.8, 4) is 11.5 Å². The number of rotatable bonds is 13. The topological polar surface area (TPSA) is 92.3 Å². The van der Waals surface area contributed by atoms with E-state index in [0.29, 0.717) is 22.1 Å². The molecule has 0 unspecified atom stereocenters. The van der Waals surface area contributed by atoms with Crippen LogP contribution in [0.15, 0.2) is 71.8 Å². The second-order valence-corrected chi connectivity index (χ2v) is 9.76. The lowest BCUT2D eigenvalue weighted by Crippen LogP contribution is -2.50. The zero-order valence-electron chi connectivity index (χ0n) is 23.0. The van der Waals surface area contributed by atoms with E-state index in [1.165, 1.54) is 12.3 Å². The minimum atomic E-state index is -0.929. The van der Waals surface area contributed by atoms with Crippen LogP contribution in [0, 0.1) is 0 Å². The van der Waals surface area contributed by atoms with Gasteiger partial charge in [-0.2, -0.15) is 5.10 Å². The van der Waals surface area contributed by atoms with E-state index in [1.54, 1.807) is 26.2 Å². The molecule has 2 N–H and O–H groups in total. The van der Waals surface area contributed by atoms with Crippen molar-refractivity contribution in [3.05, 3.63) is 87.9 Å². The van der Waals surface area contributed by atoms with Crippen LogP contribution in [0.5, 0.6) is 11.5 Å². The van der Waals surface area contributed by atoms with Crippen LogP contribution in [-0.4, -0.2) is 50.4 Å². The number of hydrogen-bond acceptors (Lipinski definition) is 6. The number of hydrogen-bond donors (Lipinski definition) is 2. The monoisotopic (exact) mass is 584 g/mol. The maximum Gasteiger partial charge on any atom is 0.262 e. The molecule has 0 bridgehead atoms. The fourth-order valence-corrected chi connectivity index (χ4v) is 4.45. The summed E-state index contributed by atoms with van der Waals surface area (Å²) in [6.07, 6.45) is 0.838. The molecule has 0 aliphatic rings. The number of methoxy groups -OCH3 is 1. The number of carbonyl (C=O) groups excluding carboxylic acids is 2. The third-order valence-electron chi connectivity index (χ3n) is 6.21. The van der Waals surface area contributed by atoms with Crippen molar-refractivity contribution in [2.24, 2.45) is 5.10 Å². The highest BCUT2D eigenvalue weighted by atomic mass is 35.5. The predicted molar refractivity (Wildman–Crippen MR) is 161 cm³/mol. The van der Waals surface area contributed by atoms with Gasteiger partial charge in [0.15, 0.2) is 6.10 Å². The third kappa shape index (κ3) is 8.63.